The van der Waals surface area contributed by atoms with Crippen LogP contribution in [0.5, 0.6) is 0 Å². The van der Waals surface area contributed by atoms with Crippen molar-refractivity contribution in [2.45, 2.75) is 39.9 Å². The van der Waals surface area contributed by atoms with Gasteiger partial charge in [0.2, 0.25) is 0 Å². The summed E-state index contributed by atoms with van der Waals surface area (Å²) in [5.41, 5.74) is 2.19. The van der Waals surface area contributed by atoms with Gasteiger partial charge < -0.3 is 10.1 Å². The van der Waals surface area contributed by atoms with Crippen LogP contribution in [0.4, 0.5) is 4.39 Å². The number of ether oxygens (including phenoxy) is 1. The lowest BCUT2D eigenvalue weighted by Crippen LogP contribution is -2.47. The fourth-order valence-electron chi connectivity index (χ4n) is 2.47. The molecule has 0 saturated carbocycles. The van der Waals surface area contributed by atoms with Crippen molar-refractivity contribution < 1.29 is 9.13 Å². The maximum absolute atomic E-state index is 13.0. The van der Waals surface area contributed by atoms with Crippen LogP contribution in [-0.2, 0) is 11.3 Å². The molecule has 1 heterocycles. The van der Waals surface area contributed by atoms with E-state index in [1.54, 1.807) is 6.07 Å². The van der Waals surface area contributed by atoms with E-state index in [9.17, 15) is 4.39 Å². The molecule has 0 bridgehead atoms. The number of aryl methyl sites for hydroxylation is 1. The topological polar surface area (TPSA) is 21.3 Å². The Bertz CT molecular complexity index is 417. The zero-order valence-corrected chi connectivity index (χ0v) is 11.4. The summed E-state index contributed by atoms with van der Waals surface area (Å²) >= 11 is 0. The van der Waals surface area contributed by atoms with E-state index < -0.39 is 0 Å². The van der Waals surface area contributed by atoms with Gasteiger partial charge in [0, 0.05) is 12.0 Å². The molecular formula is C15H22FNO. The molecule has 2 nitrogen and oxygen atoms in total. The molecule has 1 atom stereocenters. The molecule has 3 heteroatoms. The standard InChI is InChI=1S/C15H22FNO/c1-11-8-13(16)5-4-12(11)9-18-14-6-7-17-10-15(14,2)3/h4-5,8,14,17H,6-7,9-10H2,1-3H3. The summed E-state index contributed by atoms with van der Waals surface area (Å²) in [4.78, 5) is 0. The molecule has 0 radical (unpaired) electrons. The minimum Gasteiger partial charge on any atom is -0.373 e. The maximum atomic E-state index is 13.0. The lowest BCUT2D eigenvalue weighted by Gasteiger charge is -2.38. The number of hydrogen-bond donors (Lipinski definition) is 1. The van der Waals surface area contributed by atoms with Gasteiger partial charge in [-0.25, -0.2) is 4.39 Å². The summed E-state index contributed by atoms with van der Waals surface area (Å²) in [5.74, 6) is -0.182. The second-order valence-corrected chi connectivity index (χ2v) is 5.82. The fourth-order valence-corrected chi connectivity index (χ4v) is 2.47. The van der Waals surface area contributed by atoms with Crippen molar-refractivity contribution in [2.24, 2.45) is 5.41 Å². The molecule has 0 spiro atoms. The molecule has 1 fully saturated rings. The van der Waals surface area contributed by atoms with Gasteiger partial charge in [0.15, 0.2) is 0 Å². The highest BCUT2D eigenvalue weighted by molar-refractivity contribution is 5.25. The monoisotopic (exact) mass is 251 g/mol. The largest absolute Gasteiger partial charge is 0.373 e. The minimum atomic E-state index is -0.182. The molecule has 0 aliphatic carbocycles. The summed E-state index contributed by atoms with van der Waals surface area (Å²) in [6.45, 7) is 8.94. The highest BCUT2D eigenvalue weighted by Gasteiger charge is 2.32. The van der Waals surface area contributed by atoms with Crippen LogP contribution >= 0.6 is 0 Å². The molecule has 0 aromatic heterocycles. The number of halogens is 1. The van der Waals surface area contributed by atoms with Crippen LogP contribution in [0.1, 0.15) is 31.4 Å². The summed E-state index contributed by atoms with van der Waals surface area (Å²) in [7, 11) is 0. The first-order chi connectivity index (χ1) is 8.49. The molecule has 1 aliphatic rings. The third kappa shape index (κ3) is 3.09. The average molecular weight is 251 g/mol. The Morgan fingerprint density at radius 2 is 2.22 bits per heavy atom. The van der Waals surface area contributed by atoms with Gasteiger partial charge in [0.05, 0.1) is 12.7 Å². The van der Waals surface area contributed by atoms with E-state index >= 15 is 0 Å². The van der Waals surface area contributed by atoms with Crippen molar-refractivity contribution in [3.8, 4) is 0 Å². The van der Waals surface area contributed by atoms with Crippen LogP contribution in [0.2, 0.25) is 0 Å². The van der Waals surface area contributed by atoms with Gasteiger partial charge in [-0.3, -0.25) is 0 Å². The van der Waals surface area contributed by atoms with Gasteiger partial charge in [-0.15, -0.1) is 0 Å². The van der Waals surface area contributed by atoms with E-state index in [0.29, 0.717) is 6.61 Å². The molecule has 1 saturated heterocycles. The Morgan fingerprint density at radius 3 is 2.89 bits per heavy atom. The van der Waals surface area contributed by atoms with Crippen LogP contribution in [-0.4, -0.2) is 19.2 Å². The first kappa shape index (κ1) is 13.5. The summed E-state index contributed by atoms with van der Waals surface area (Å²) in [5, 5.41) is 3.39. The lowest BCUT2D eigenvalue weighted by molar-refractivity contribution is -0.0521. The Kier molecular flexibility index (Phi) is 4.03. The second kappa shape index (κ2) is 5.37. The average Bonchev–Trinajstić information content (AvgIpc) is 2.29. The Hall–Kier alpha value is -0.930. The van der Waals surface area contributed by atoms with Crippen molar-refractivity contribution in [1.82, 2.24) is 5.32 Å². The van der Waals surface area contributed by atoms with E-state index in [2.05, 4.69) is 19.2 Å². The first-order valence-corrected chi connectivity index (χ1v) is 6.56. The molecule has 18 heavy (non-hydrogen) atoms. The molecule has 2 rings (SSSR count). The highest BCUT2D eigenvalue weighted by atomic mass is 19.1. The smallest absolute Gasteiger partial charge is 0.123 e. The van der Waals surface area contributed by atoms with Crippen molar-refractivity contribution >= 4 is 0 Å². The van der Waals surface area contributed by atoms with Crippen LogP contribution in [0.3, 0.4) is 0 Å². The molecular weight excluding hydrogens is 229 g/mol. The SMILES string of the molecule is Cc1cc(F)ccc1COC1CCNCC1(C)C. The lowest BCUT2D eigenvalue weighted by atomic mass is 9.82. The molecule has 0 amide bonds. The summed E-state index contributed by atoms with van der Waals surface area (Å²) in [6.07, 6.45) is 1.30. The van der Waals surface area contributed by atoms with E-state index in [1.807, 2.05) is 13.0 Å². The summed E-state index contributed by atoms with van der Waals surface area (Å²) < 4.78 is 19.1. The number of rotatable bonds is 3. The van der Waals surface area contributed by atoms with Gasteiger partial charge in [-0.1, -0.05) is 19.9 Å². The molecule has 1 aromatic carbocycles. The predicted octanol–water partition coefficient (Wildman–Crippen LogP) is 3.04. The molecule has 100 valence electrons. The zero-order valence-electron chi connectivity index (χ0n) is 11.4. The Morgan fingerprint density at radius 1 is 1.44 bits per heavy atom. The van der Waals surface area contributed by atoms with Gasteiger partial charge in [-0.2, -0.15) is 0 Å². The van der Waals surface area contributed by atoms with E-state index in [1.165, 1.54) is 6.07 Å². The molecule has 1 unspecified atom stereocenters. The second-order valence-electron chi connectivity index (χ2n) is 5.82. The first-order valence-electron chi connectivity index (χ1n) is 6.56. The van der Waals surface area contributed by atoms with Gasteiger partial charge >= 0.3 is 0 Å². The molecule has 1 N–H and O–H groups in total. The quantitative estimate of drug-likeness (QED) is 0.891. The van der Waals surface area contributed by atoms with Gasteiger partial charge in [-0.05, 0) is 43.1 Å². The normalized spacial score (nSPS) is 23.0. The Labute approximate surface area is 109 Å². The zero-order chi connectivity index (χ0) is 13.2. The van der Waals surface area contributed by atoms with Gasteiger partial charge in [0.1, 0.15) is 5.82 Å². The highest BCUT2D eigenvalue weighted by Crippen LogP contribution is 2.28. The number of nitrogens with one attached hydrogen (secondary N) is 1. The number of hydrogen-bond acceptors (Lipinski definition) is 2. The summed E-state index contributed by atoms with van der Waals surface area (Å²) in [6, 6.07) is 4.88. The third-order valence-electron chi connectivity index (χ3n) is 3.78. The van der Waals surface area contributed by atoms with Crippen LogP contribution in [0, 0.1) is 18.2 Å². The van der Waals surface area contributed by atoms with Crippen molar-refractivity contribution in [3.63, 3.8) is 0 Å². The minimum absolute atomic E-state index is 0.159. The van der Waals surface area contributed by atoms with E-state index in [4.69, 9.17) is 4.74 Å². The number of benzene rings is 1. The Balaban J connectivity index is 1.98. The molecule has 1 aromatic rings. The van der Waals surface area contributed by atoms with Crippen molar-refractivity contribution in [3.05, 3.63) is 35.1 Å². The number of piperidine rings is 1. The third-order valence-corrected chi connectivity index (χ3v) is 3.78. The van der Waals surface area contributed by atoms with Crippen molar-refractivity contribution in [1.29, 1.82) is 0 Å². The van der Waals surface area contributed by atoms with Crippen molar-refractivity contribution in [2.75, 3.05) is 13.1 Å². The molecule has 1 aliphatic heterocycles. The van der Waals surface area contributed by atoms with E-state index in [-0.39, 0.29) is 17.3 Å². The van der Waals surface area contributed by atoms with Crippen LogP contribution < -0.4 is 5.32 Å². The van der Waals surface area contributed by atoms with Crippen LogP contribution in [0.15, 0.2) is 18.2 Å². The fraction of sp³-hybridized carbons (Fsp3) is 0.600. The maximum Gasteiger partial charge on any atom is 0.123 e. The predicted molar refractivity (Wildman–Crippen MR) is 71.0 cm³/mol. The van der Waals surface area contributed by atoms with E-state index in [0.717, 1.165) is 30.6 Å². The van der Waals surface area contributed by atoms with Crippen LogP contribution in [0.25, 0.3) is 0 Å². The van der Waals surface area contributed by atoms with Gasteiger partial charge in [0.25, 0.3) is 0 Å².